The number of nitrogens with zero attached hydrogens (tertiary/aromatic N) is 2. The molecule has 0 unspecified atom stereocenters. The van der Waals surface area contributed by atoms with Crippen molar-refractivity contribution in [2.24, 2.45) is 7.05 Å². The molecule has 0 aliphatic rings. The lowest BCUT2D eigenvalue weighted by Crippen LogP contribution is -2.20. The number of hydrogen-bond donors (Lipinski definition) is 2. The zero-order chi connectivity index (χ0) is 9.68. The summed E-state index contributed by atoms with van der Waals surface area (Å²) in [5.41, 5.74) is 6.60. The minimum absolute atomic E-state index is 0.561. The van der Waals surface area contributed by atoms with Gasteiger partial charge in [-0.2, -0.15) is 5.10 Å². The number of ether oxygens (including phenoxy) is 1. The number of aromatic nitrogens is 2. The van der Waals surface area contributed by atoms with E-state index in [9.17, 15) is 0 Å². The summed E-state index contributed by atoms with van der Waals surface area (Å²) in [4.78, 5) is 0. The topological polar surface area (TPSA) is 65.1 Å². The Balaban J connectivity index is 2.32. The lowest BCUT2D eigenvalue weighted by Gasteiger charge is -2.03. The molecule has 3 N–H and O–H groups in total. The maximum absolute atomic E-state index is 5.53. The van der Waals surface area contributed by atoms with Gasteiger partial charge in [-0.25, -0.2) is 0 Å². The van der Waals surface area contributed by atoms with Crippen LogP contribution in [0.4, 0.5) is 5.82 Å². The Morgan fingerprint density at radius 1 is 1.69 bits per heavy atom. The van der Waals surface area contributed by atoms with E-state index in [0.29, 0.717) is 12.4 Å². The lowest BCUT2D eigenvalue weighted by molar-refractivity contribution is 0.199. The molecule has 0 aromatic carbocycles. The number of nitrogens with two attached hydrogens (primary N) is 1. The van der Waals surface area contributed by atoms with Gasteiger partial charge in [-0.15, -0.1) is 0 Å². The molecule has 0 spiro atoms. The van der Waals surface area contributed by atoms with E-state index in [1.165, 1.54) is 0 Å². The van der Waals surface area contributed by atoms with Crippen molar-refractivity contribution in [2.75, 3.05) is 26.0 Å². The summed E-state index contributed by atoms with van der Waals surface area (Å²) in [7, 11) is 3.56. The van der Waals surface area contributed by atoms with Crippen LogP contribution in [0.15, 0.2) is 6.07 Å². The molecule has 0 saturated heterocycles. The molecule has 5 nitrogen and oxygen atoms in total. The average molecular weight is 184 g/mol. The number of hydrogen-bond acceptors (Lipinski definition) is 4. The Bertz CT molecular complexity index is 259. The van der Waals surface area contributed by atoms with Crippen molar-refractivity contribution in [2.45, 2.75) is 6.54 Å². The van der Waals surface area contributed by atoms with Crippen molar-refractivity contribution in [3.05, 3.63) is 11.8 Å². The van der Waals surface area contributed by atoms with E-state index in [1.54, 1.807) is 11.8 Å². The van der Waals surface area contributed by atoms with Crippen molar-refractivity contribution in [1.29, 1.82) is 0 Å². The Labute approximate surface area is 77.9 Å². The number of methoxy groups -OCH3 is 1. The van der Waals surface area contributed by atoms with E-state index in [2.05, 4.69) is 10.4 Å². The summed E-state index contributed by atoms with van der Waals surface area (Å²) >= 11 is 0. The van der Waals surface area contributed by atoms with Crippen molar-refractivity contribution in [3.8, 4) is 0 Å². The smallest absolute Gasteiger partial charge is 0.145 e. The molecule has 1 heterocycles. The van der Waals surface area contributed by atoms with Crippen LogP contribution in [-0.4, -0.2) is 30.0 Å². The van der Waals surface area contributed by atoms with Gasteiger partial charge in [0.15, 0.2) is 0 Å². The molecule has 0 aliphatic heterocycles. The van der Waals surface area contributed by atoms with E-state index in [0.717, 1.165) is 18.8 Å². The summed E-state index contributed by atoms with van der Waals surface area (Å²) in [6.07, 6.45) is 0. The number of anilines is 1. The largest absolute Gasteiger partial charge is 0.383 e. The third-order valence-corrected chi connectivity index (χ3v) is 1.78. The molecule has 1 rings (SSSR count). The highest BCUT2D eigenvalue weighted by Crippen LogP contribution is 2.02. The molecular weight excluding hydrogens is 168 g/mol. The quantitative estimate of drug-likeness (QED) is 0.619. The average Bonchev–Trinajstić information content (AvgIpc) is 2.39. The van der Waals surface area contributed by atoms with Gasteiger partial charge < -0.3 is 15.8 Å². The maximum atomic E-state index is 5.53. The molecule has 1 aromatic heterocycles. The highest BCUT2D eigenvalue weighted by atomic mass is 16.5. The van der Waals surface area contributed by atoms with Crippen LogP contribution in [0.25, 0.3) is 0 Å². The predicted molar refractivity (Wildman–Crippen MR) is 51.2 cm³/mol. The summed E-state index contributed by atoms with van der Waals surface area (Å²) in [6.45, 7) is 2.32. The molecule has 1 aromatic rings. The van der Waals surface area contributed by atoms with Gasteiger partial charge in [0.25, 0.3) is 0 Å². The van der Waals surface area contributed by atoms with Crippen LogP contribution < -0.4 is 11.1 Å². The fourth-order valence-electron chi connectivity index (χ4n) is 1.09. The van der Waals surface area contributed by atoms with Crippen molar-refractivity contribution in [1.82, 2.24) is 15.1 Å². The summed E-state index contributed by atoms with van der Waals surface area (Å²) in [6, 6.07) is 1.86. The second kappa shape index (κ2) is 4.84. The van der Waals surface area contributed by atoms with Crippen LogP contribution in [-0.2, 0) is 18.3 Å². The van der Waals surface area contributed by atoms with Gasteiger partial charge in [-0.05, 0) is 0 Å². The molecule has 0 bridgehead atoms. The normalized spacial score (nSPS) is 10.6. The zero-order valence-corrected chi connectivity index (χ0v) is 8.08. The van der Waals surface area contributed by atoms with Crippen molar-refractivity contribution in [3.63, 3.8) is 0 Å². The summed E-state index contributed by atoms with van der Waals surface area (Å²) < 4.78 is 6.68. The minimum atomic E-state index is 0.561. The zero-order valence-electron chi connectivity index (χ0n) is 8.08. The van der Waals surface area contributed by atoms with Gasteiger partial charge in [-0.3, -0.25) is 4.68 Å². The molecule has 74 valence electrons. The molecule has 0 fully saturated rings. The number of nitrogens with one attached hydrogen (secondary N) is 1. The van der Waals surface area contributed by atoms with Crippen LogP contribution in [0.3, 0.4) is 0 Å². The first-order valence-electron chi connectivity index (χ1n) is 4.22. The first-order chi connectivity index (χ1) is 6.24. The summed E-state index contributed by atoms with van der Waals surface area (Å²) in [5.74, 6) is 0.561. The van der Waals surface area contributed by atoms with Crippen LogP contribution in [0.5, 0.6) is 0 Å². The van der Waals surface area contributed by atoms with Gasteiger partial charge >= 0.3 is 0 Å². The molecule has 0 atom stereocenters. The first kappa shape index (κ1) is 10.0. The fourth-order valence-corrected chi connectivity index (χ4v) is 1.09. The van der Waals surface area contributed by atoms with E-state index in [4.69, 9.17) is 10.5 Å². The molecule has 13 heavy (non-hydrogen) atoms. The van der Waals surface area contributed by atoms with Crippen molar-refractivity contribution < 1.29 is 4.74 Å². The van der Waals surface area contributed by atoms with Gasteiger partial charge in [-0.1, -0.05) is 0 Å². The molecule has 0 saturated carbocycles. The highest BCUT2D eigenvalue weighted by molar-refractivity contribution is 5.29. The Morgan fingerprint density at radius 2 is 2.46 bits per heavy atom. The third kappa shape index (κ3) is 3.04. The molecule has 5 heteroatoms. The standard InChI is InChI=1S/C8H16N4O/c1-12-7(5-8(9)11-12)6-10-3-4-13-2/h5,10H,3-4,6H2,1-2H3,(H2,9,11). The van der Waals surface area contributed by atoms with Gasteiger partial charge in [0, 0.05) is 33.3 Å². The number of aryl methyl sites for hydroxylation is 1. The minimum Gasteiger partial charge on any atom is -0.383 e. The van der Waals surface area contributed by atoms with Gasteiger partial charge in [0.2, 0.25) is 0 Å². The van der Waals surface area contributed by atoms with E-state index in [1.807, 2.05) is 13.1 Å². The molecule has 0 radical (unpaired) electrons. The van der Waals surface area contributed by atoms with Crippen LogP contribution in [0.1, 0.15) is 5.69 Å². The molecular formula is C8H16N4O. The number of rotatable bonds is 5. The van der Waals surface area contributed by atoms with Gasteiger partial charge in [0.1, 0.15) is 5.82 Å². The Morgan fingerprint density at radius 3 is 3.00 bits per heavy atom. The third-order valence-electron chi connectivity index (χ3n) is 1.78. The van der Waals surface area contributed by atoms with Crippen LogP contribution in [0, 0.1) is 0 Å². The fraction of sp³-hybridized carbons (Fsp3) is 0.625. The highest BCUT2D eigenvalue weighted by Gasteiger charge is 2.00. The Kier molecular flexibility index (Phi) is 3.72. The second-order valence-electron chi connectivity index (χ2n) is 2.85. The Hall–Kier alpha value is -1.07. The van der Waals surface area contributed by atoms with E-state index < -0.39 is 0 Å². The second-order valence-corrected chi connectivity index (χ2v) is 2.85. The van der Waals surface area contributed by atoms with E-state index in [-0.39, 0.29) is 0 Å². The maximum Gasteiger partial charge on any atom is 0.145 e. The monoisotopic (exact) mass is 184 g/mol. The van der Waals surface area contributed by atoms with E-state index >= 15 is 0 Å². The van der Waals surface area contributed by atoms with Crippen LogP contribution in [0.2, 0.25) is 0 Å². The molecule has 0 amide bonds. The number of nitrogen functional groups attached to an aromatic ring is 1. The van der Waals surface area contributed by atoms with Crippen LogP contribution >= 0.6 is 0 Å². The first-order valence-corrected chi connectivity index (χ1v) is 4.22. The summed E-state index contributed by atoms with van der Waals surface area (Å²) in [5, 5.41) is 7.25. The lowest BCUT2D eigenvalue weighted by atomic mass is 10.4. The SMILES string of the molecule is COCCNCc1cc(N)nn1C. The predicted octanol–water partition coefficient (Wildman–Crippen LogP) is -0.262. The van der Waals surface area contributed by atoms with Gasteiger partial charge in [0.05, 0.1) is 12.3 Å². The molecule has 0 aliphatic carbocycles. The van der Waals surface area contributed by atoms with Crippen molar-refractivity contribution >= 4 is 5.82 Å².